The summed E-state index contributed by atoms with van der Waals surface area (Å²) in [6.07, 6.45) is 0. The highest BCUT2D eigenvalue weighted by Gasteiger charge is 2.45. The van der Waals surface area contributed by atoms with Crippen molar-refractivity contribution < 1.29 is 19.1 Å². The molecule has 1 atom stereocenters. The second kappa shape index (κ2) is 10.5. The van der Waals surface area contributed by atoms with Crippen LogP contribution in [0.3, 0.4) is 0 Å². The Hall–Kier alpha value is -4.23. The van der Waals surface area contributed by atoms with Crippen molar-refractivity contribution in [2.45, 2.75) is 19.9 Å². The fourth-order valence-electron chi connectivity index (χ4n) is 5.05. The summed E-state index contributed by atoms with van der Waals surface area (Å²) in [7, 11) is 3.87. The molecule has 2 heterocycles. The first-order valence-electron chi connectivity index (χ1n) is 12.9. The Morgan fingerprint density at radius 1 is 0.949 bits per heavy atom. The van der Waals surface area contributed by atoms with E-state index in [1.807, 2.05) is 67.5 Å². The summed E-state index contributed by atoms with van der Waals surface area (Å²) in [5.41, 5.74) is 3.71. The third kappa shape index (κ3) is 4.74. The van der Waals surface area contributed by atoms with Gasteiger partial charge in [-0.1, -0.05) is 23.7 Å². The Labute approximate surface area is 232 Å². The second-order valence-electron chi connectivity index (χ2n) is 9.64. The van der Waals surface area contributed by atoms with Crippen LogP contribution in [-0.4, -0.2) is 44.0 Å². The van der Waals surface area contributed by atoms with Crippen molar-refractivity contribution >= 4 is 51.3 Å². The Morgan fingerprint density at radius 3 is 2.21 bits per heavy atom. The van der Waals surface area contributed by atoms with Crippen molar-refractivity contribution in [2.24, 2.45) is 0 Å². The number of anilines is 3. The van der Waals surface area contributed by atoms with Gasteiger partial charge < -0.3 is 19.3 Å². The topological polar surface area (TPSA) is 77.2 Å². The first-order chi connectivity index (χ1) is 18.7. The van der Waals surface area contributed by atoms with Crippen LogP contribution in [0.25, 0.3) is 11.0 Å². The number of carbonyl (C=O) groups is 2. The smallest absolute Gasteiger partial charge is 0.294 e. The average Bonchev–Trinajstić information content (AvgIpc) is 3.47. The van der Waals surface area contributed by atoms with Crippen molar-refractivity contribution in [1.29, 1.82) is 0 Å². The van der Waals surface area contributed by atoms with Crippen molar-refractivity contribution in [1.82, 2.24) is 0 Å². The summed E-state index contributed by atoms with van der Waals surface area (Å²) in [6.45, 7) is 5.87. The maximum atomic E-state index is 13.9. The normalized spacial score (nSPS) is 15.4. The average molecular weight is 544 g/mol. The summed E-state index contributed by atoms with van der Waals surface area (Å²) in [5, 5.41) is 12.3. The number of aliphatic hydroxyl groups excluding tert-OH is 1. The van der Waals surface area contributed by atoms with Gasteiger partial charge in [0.2, 0.25) is 5.78 Å². The van der Waals surface area contributed by atoms with Crippen molar-refractivity contribution in [3.05, 3.63) is 100 Å². The number of carbonyl (C=O) groups excluding carboxylic acids is 2. The molecule has 1 amide bonds. The van der Waals surface area contributed by atoms with Crippen LogP contribution in [0.2, 0.25) is 5.02 Å². The number of aliphatic hydroxyl groups is 1. The van der Waals surface area contributed by atoms with Gasteiger partial charge in [-0.2, -0.15) is 0 Å². The molecule has 4 aromatic rings. The van der Waals surface area contributed by atoms with Crippen LogP contribution in [0.5, 0.6) is 0 Å². The molecule has 1 unspecified atom stereocenters. The summed E-state index contributed by atoms with van der Waals surface area (Å²) < 4.78 is 5.83. The SMILES string of the molecule is CCN(CC)c1ccc(N2C(=O)C(O)=C(C(=O)c3cc4cc(Cl)ccc4o3)C2c2ccc(N(C)C)cc2)cc1. The Morgan fingerprint density at radius 2 is 1.59 bits per heavy atom. The molecule has 3 aromatic carbocycles. The van der Waals surface area contributed by atoms with Crippen LogP contribution in [0.1, 0.15) is 36.0 Å². The molecule has 0 fully saturated rings. The van der Waals surface area contributed by atoms with E-state index in [2.05, 4.69) is 18.7 Å². The van der Waals surface area contributed by atoms with Crippen LogP contribution in [0.15, 0.2) is 88.5 Å². The van der Waals surface area contributed by atoms with E-state index in [1.54, 1.807) is 24.3 Å². The first kappa shape index (κ1) is 26.4. The van der Waals surface area contributed by atoms with Gasteiger partial charge in [-0.15, -0.1) is 0 Å². The fourth-order valence-corrected chi connectivity index (χ4v) is 5.23. The highest BCUT2D eigenvalue weighted by Crippen LogP contribution is 2.43. The molecule has 200 valence electrons. The fraction of sp³-hybridized carbons (Fsp3) is 0.226. The molecule has 0 bridgehead atoms. The number of ketones is 1. The Bertz CT molecular complexity index is 1570. The highest BCUT2D eigenvalue weighted by atomic mass is 35.5. The molecule has 1 aromatic heterocycles. The lowest BCUT2D eigenvalue weighted by Crippen LogP contribution is -2.31. The van der Waals surface area contributed by atoms with Crippen LogP contribution in [0.4, 0.5) is 17.1 Å². The molecule has 0 spiro atoms. The van der Waals surface area contributed by atoms with Crippen LogP contribution >= 0.6 is 11.6 Å². The summed E-state index contributed by atoms with van der Waals surface area (Å²) in [4.78, 5) is 33.1. The number of benzene rings is 3. The first-order valence-corrected chi connectivity index (χ1v) is 13.2. The monoisotopic (exact) mass is 543 g/mol. The molecule has 5 rings (SSSR count). The molecule has 0 radical (unpaired) electrons. The minimum absolute atomic E-state index is 0.0234. The van der Waals surface area contributed by atoms with E-state index in [9.17, 15) is 14.7 Å². The van der Waals surface area contributed by atoms with E-state index in [1.165, 1.54) is 4.90 Å². The van der Waals surface area contributed by atoms with Gasteiger partial charge in [0, 0.05) is 54.7 Å². The number of rotatable bonds is 8. The predicted octanol–water partition coefficient (Wildman–Crippen LogP) is 6.78. The van der Waals surface area contributed by atoms with Gasteiger partial charge in [-0.3, -0.25) is 14.5 Å². The number of hydrogen-bond donors (Lipinski definition) is 1. The molecule has 39 heavy (non-hydrogen) atoms. The molecule has 1 N–H and O–H groups in total. The Balaban J connectivity index is 1.61. The maximum absolute atomic E-state index is 13.9. The van der Waals surface area contributed by atoms with Gasteiger partial charge in [0.1, 0.15) is 5.58 Å². The highest BCUT2D eigenvalue weighted by molar-refractivity contribution is 6.31. The number of amides is 1. The zero-order valence-electron chi connectivity index (χ0n) is 22.3. The molecular formula is C31H30ClN3O4. The van der Waals surface area contributed by atoms with Gasteiger partial charge >= 0.3 is 0 Å². The lowest BCUT2D eigenvalue weighted by Gasteiger charge is -2.28. The van der Waals surface area contributed by atoms with E-state index in [4.69, 9.17) is 16.0 Å². The molecule has 8 heteroatoms. The third-order valence-electron chi connectivity index (χ3n) is 7.14. The van der Waals surface area contributed by atoms with E-state index in [0.717, 1.165) is 24.5 Å². The quantitative estimate of drug-likeness (QED) is 0.247. The summed E-state index contributed by atoms with van der Waals surface area (Å²) >= 11 is 6.12. The van der Waals surface area contributed by atoms with E-state index in [0.29, 0.717) is 27.2 Å². The number of hydrogen-bond acceptors (Lipinski definition) is 6. The van der Waals surface area contributed by atoms with Crippen molar-refractivity contribution in [3.8, 4) is 0 Å². The maximum Gasteiger partial charge on any atom is 0.294 e. The molecule has 1 aliphatic heterocycles. The largest absolute Gasteiger partial charge is 0.503 e. The third-order valence-corrected chi connectivity index (χ3v) is 7.37. The number of Topliss-reactive ketones (excluding diaryl/α,β-unsaturated/α-hetero) is 1. The molecule has 0 saturated heterocycles. The van der Waals surface area contributed by atoms with Gasteiger partial charge in [-0.05, 0) is 80.1 Å². The lowest BCUT2D eigenvalue weighted by molar-refractivity contribution is -0.117. The van der Waals surface area contributed by atoms with Gasteiger partial charge in [0.25, 0.3) is 5.91 Å². The molecule has 7 nitrogen and oxygen atoms in total. The van der Waals surface area contributed by atoms with E-state index >= 15 is 0 Å². The molecule has 1 aliphatic rings. The van der Waals surface area contributed by atoms with Crippen molar-refractivity contribution in [3.63, 3.8) is 0 Å². The molecule has 0 saturated carbocycles. The molecule has 0 aliphatic carbocycles. The number of fused-ring (bicyclic) bond motifs is 1. The van der Waals surface area contributed by atoms with Crippen LogP contribution in [0, 0.1) is 0 Å². The molecular weight excluding hydrogens is 514 g/mol. The number of nitrogens with zero attached hydrogens (tertiary/aromatic N) is 3. The van der Waals surface area contributed by atoms with Gasteiger partial charge in [0.15, 0.2) is 11.5 Å². The minimum Gasteiger partial charge on any atom is -0.503 e. The van der Waals surface area contributed by atoms with Crippen LogP contribution < -0.4 is 14.7 Å². The van der Waals surface area contributed by atoms with Crippen molar-refractivity contribution in [2.75, 3.05) is 41.9 Å². The zero-order valence-corrected chi connectivity index (χ0v) is 23.1. The predicted molar refractivity (Wildman–Crippen MR) is 156 cm³/mol. The van der Waals surface area contributed by atoms with E-state index in [-0.39, 0.29) is 11.3 Å². The lowest BCUT2D eigenvalue weighted by atomic mass is 9.94. The minimum atomic E-state index is -0.850. The van der Waals surface area contributed by atoms with E-state index < -0.39 is 23.5 Å². The number of furan rings is 1. The Kier molecular flexibility index (Phi) is 7.10. The summed E-state index contributed by atoms with van der Waals surface area (Å²) in [6, 6.07) is 21.0. The van der Waals surface area contributed by atoms with Gasteiger partial charge in [0.05, 0.1) is 11.6 Å². The summed E-state index contributed by atoms with van der Waals surface area (Å²) in [5.74, 6) is -1.77. The number of halogens is 1. The van der Waals surface area contributed by atoms with Gasteiger partial charge in [-0.25, -0.2) is 0 Å². The van der Waals surface area contributed by atoms with Crippen LogP contribution in [-0.2, 0) is 4.79 Å². The second-order valence-corrected chi connectivity index (χ2v) is 10.1. The zero-order chi connectivity index (χ0) is 27.8. The standard InChI is InChI=1S/C31H30ClN3O4/c1-5-34(6-2)23-12-14-24(15-13-23)35-28(19-7-10-22(11-8-19)33(3)4)27(30(37)31(35)38)29(36)26-18-20-17-21(32)9-16-25(20)39-26/h7-18,28,37H,5-6H2,1-4H3.